The molecule has 0 unspecified atom stereocenters. The van der Waals surface area contributed by atoms with Crippen LogP contribution in [-0.2, 0) is 0 Å². The van der Waals surface area contributed by atoms with E-state index < -0.39 is 0 Å². The maximum absolute atomic E-state index is 12.3. The van der Waals surface area contributed by atoms with Gasteiger partial charge >= 0.3 is 0 Å². The van der Waals surface area contributed by atoms with Crippen LogP contribution in [0.15, 0.2) is 41.0 Å². The Bertz CT molecular complexity index is 611. The molecule has 5 nitrogen and oxygen atoms in total. The Morgan fingerprint density at radius 1 is 1.32 bits per heavy atom. The average Bonchev–Trinajstić information content (AvgIpc) is 2.96. The van der Waals surface area contributed by atoms with Crippen LogP contribution < -0.4 is 5.73 Å². The van der Waals surface area contributed by atoms with Crippen LogP contribution in [0.2, 0.25) is 0 Å². The van der Waals surface area contributed by atoms with E-state index in [2.05, 4.69) is 4.98 Å². The molecule has 1 aromatic heterocycles. The molecular weight excluding hydrogens is 302 g/mol. The van der Waals surface area contributed by atoms with Gasteiger partial charge in [-0.15, -0.1) is 12.4 Å². The van der Waals surface area contributed by atoms with Gasteiger partial charge in [0.05, 0.1) is 0 Å². The van der Waals surface area contributed by atoms with Gasteiger partial charge in [-0.25, -0.2) is 4.98 Å². The minimum absolute atomic E-state index is 0. The van der Waals surface area contributed by atoms with E-state index >= 15 is 0 Å². The normalized spacial score (nSPS) is 10.9. The predicted octanol–water partition coefficient (Wildman–Crippen LogP) is 2.82. The summed E-state index contributed by atoms with van der Waals surface area (Å²) in [5, 5.41) is 0. The van der Waals surface area contributed by atoms with E-state index in [9.17, 15) is 4.79 Å². The van der Waals surface area contributed by atoms with Gasteiger partial charge in [0.1, 0.15) is 6.26 Å². The number of carbonyl (C=O) groups excluding carboxylic acids is 1. The van der Waals surface area contributed by atoms with Crippen LogP contribution in [0.5, 0.6) is 0 Å². The molecule has 0 bridgehead atoms. The lowest BCUT2D eigenvalue weighted by molar-refractivity contribution is 0.0734. The fourth-order valence-corrected chi connectivity index (χ4v) is 2.06. The second kappa shape index (κ2) is 7.42. The van der Waals surface area contributed by atoms with Crippen molar-refractivity contribution in [3.63, 3.8) is 0 Å². The Kier molecular flexibility index (Phi) is 6.14. The summed E-state index contributed by atoms with van der Waals surface area (Å²) >= 11 is 0. The van der Waals surface area contributed by atoms with Gasteiger partial charge in [-0.2, -0.15) is 0 Å². The first-order valence-corrected chi connectivity index (χ1v) is 6.89. The van der Waals surface area contributed by atoms with Crippen molar-refractivity contribution in [1.29, 1.82) is 0 Å². The average molecular weight is 324 g/mol. The highest BCUT2D eigenvalue weighted by atomic mass is 35.5. The third-order valence-corrected chi connectivity index (χ3v) is 3.31. The third kappa shape index (κ3) is 4.32. The molecule has 2 aromatic rings. The maximum Gasteiger partial charge on any atom is 0.275 e. The lowest BCUT2D eigenvalue weighted by Crippen LogP contribution is -2.39. The van der Waals surface area contributed by atoms with Crippen molar-refractivity contribution in [2.24, 2.45) is 11.1 Å². The topological polar surface area (TPSA) is 72.4 Å². The fourth-order valence-electron chi connectivity index (χ4n) is 2.06. The van der Waals surface area contributed by atoms with Crippen LogP contribution in [-0.4, -0.2) is 35.9 Å². The zero-order valence-corrected chi connectivity index (χ0v) is 13.9. The van der Waals surface area contributed by atoms with Crippen molar-refractivity contribution in [2.45, 2.75) is 13.8 Å². The first kappa shape index (κ1) is 18.2. The third-order valence-electron chi connectivity index (χ3n) is 3.31. The Balaban J connectivity index is 0.00000242. The summed E-state index contributed by atoms with van der Waals surface area (Å²) in [7, 11) is 1.75. The molecule has 0 aliphatic heterocycles. The Labute approximate surface area is 136 Å². The minimum atomic E-state index is -0.164. The lowest BCUT2D eigenvalue weighted by Gasteiger charge is -2.28. The fraction of sp³-hybridized carbons (Fsp3) is 0.375. The monoisotopic (exact) mass is 323 g/mol. The van der Waals surface area contributed by atoms with Crippen LogP contribution in [0.1, 0.15) is 24.3 Å². The molecule has 0 aliphatic rings. The number of aromatic nitrogens is 1. The first-order valence-electron chi connectivity index (χ1n) is 6.89. The van der Waals surface area contributed by atoms with Gasteiger partial charge in [0.2, 0.25) is 5.89 Å². The molecular formula is C16H22ClN3O2. The number of nitrogens with zero attached hydrogens (tertiary/aromatic N) is 2. The van der Waals surface area contributed by atoms with Crippen LogP contribution in [0.25, 0.3) is 11.5 Å². The van der Waals surface area contributed by atoms with Crippen molar-refractivity contribution in [2.75, 3.05) is 20.1 Å². The smallest absolute Gasteiger partial charge is 0.275 e. The second-order valence-electron chi connectivity index (χ2n) is 5.93. The Morgan fingerprint density at radius 2 is 1.95 bits per heavy atom. The summed E-state index contributed by atoms with van der Waals surface area (Å²) in [6, 6.07) is 9.50. The largest absolute Gasteiger partial charge is 0.444 e. The number of rotatable bonds is 5. The quantitative estimate of drug-likeness (QED) is 0.918. The van der Waals surface area contributed by atoms with E-state index in [1.807, 2.05) is 44.2 Å². The molecule has 0 radical (unpaired) electrons. The molecule has 0 saturated carbocycles. The highest BCUT2D eigenvalue weighted by Gasteiger charge is 2.23. The lowest BCUT2D eigenvalue weighted by atomic mass is 9.93. The number of hydrogen-bond acceptors (Lipinski definition) is 4. The number of hydrogen-bond donors (Lipinski definition) is 1. The minimum Gasteiger partial charge on any atom is -0.444 e. The number of oxazole rings is 1. The number of carbonyl (C=O) groups is 1. The summed E-state index contributed by atoms with van der Waals surface area (Å²) in [4.78, 5) is 18.2. The Morgan fingerprint density at radius 3 is 2.55 bits per heavy atom. The van der Waals surface area contributed by atoms with Gasteiger partial charge in [-0.3, -0.25) is 4.79 Å². The first-order chi connectivity index (χ1) is 9.93. The molecule has 0 aliphatic carbocycles. The molecule has 0 spiro atoms. The van der Waals surface area contributed by atoms with E-state index in [-0.39, 0.29) is 23.7 Å². The molecule has 0 atom stereocenters. The summed E-state index contributed by atoms with van der Waals surface area (Å²) in [5.74, 6) is 0.285. The molecule has 1 amide bonds. The van der Waals surface area contributed by atoms with Crippen LogP contribution in [0.4, 0.5) is 0 Å². The zero-order valence-electron chi connectivity index (χ0n) is 13.1. The molecule has 0 saturated heterocycles. The van der Waals surface area contributed by atoms with Crippen molar-refractivity contribution in [3.05, 3.63) is 42.3 Å². The van der Waals surface area contributed by atoms with Gasteiger partial charge in [0.25, 0.3) is 5.91 Å². The summed E-state index contributed by atoms with van der Waals surface area (Å²) in [5.41, 5.74) is 6.73. The number of halogens is 1. The molecule has 120 valence electrons. The summed E-state index contributed by atoms with van der Waals surface area (Å²) < 4.78 is 5.40. The highest BCUT2D eigenvalue weighted by Crippen LogP contribution is 2.20. The molecule has 22 heavy (non-hydrogen) atoms. The number of amides is 1. The van der Waals surface area contributed by atoms with Crippen LogP contribution in [0.3, 0.4) is 0 Å². The van der Waals surface area contributed by atoms with E-state index in [0.29, 0.717) is 24.7 Å². The molecule has 1 aromatic carbocycles. The predicted molar refractivity (Wildman–Crippen MR) is 89.0 cm³/mol. The summed E-state index contributed by atoms with van der Waals surface area (Å²) in [6.45, 7) is 5.12. The maximum atomic E-state index is 12.3. The molecule has 2 rings (SSSR count). The van der Waals surface area contributed by atoms with Gasteiger partial charge in [-0.1, -0.05) is 32.0 Å². The molecule has 1 heterocycles. The van der Waals surface area contributed by atoms with Crippen LogP contribution >= 0.6 is 12.4 Å². The van der Waals surface area contributed by atoms with Gasteiger partial charge < -0.3 is 15.1 Å². The van der Waals surface area contributed by atoms with Crippen molar-refractivity contribution < 1.29 is 9.21 Å². The number of benzene rings is 1. The van der Waals surface area contributed by atoms with E-state index in [4.69, 9.17) is 10.2 Å². The van der Waals surface area contributed by atoms with Gasteiger partial charge in [-0.05, 0) is 24.1 Å². The van der Waals surface area contributed by atoms with Crippen LogP contribution in [0, 0.1) is 5.41 Å². The van der Waals surface area contributed by atoms with E-state index in [1.165, 1.54) is 6.26 Å². The van der Waals surface area contributed by atoms with Crippen molar-refractivity contribution >= 4 is 18.3 Å². The van der Waals surface area contributed by atoms with Gasteiger partial charge in [0, 0.05) is 19.2 Å². The highest BCUT2D eigenvalue weighted by molar-refractivity contribution is 5.92. The standard InChI is InChI=1S/C16H21N3O2.ClH/c1-16(2,10-17)11-19(3)15(20)13-9-21-14(18-13)12-7-5-4-6-8-12;/h4-9H,10-11,17H2,1-3H3;1H. The Hall–Kier alpha value is -1.85. The van der Waals surface area contributed by atoms with E-state index in [0.717, 1.165) is 5.56 Å². The van der Waals surface area contributed by atoms with Crippen molar-refractivity contribution in [3.8, 4) is 11.5 Å². The summed E-state index contributed by atoms with van der Waals surface area (Å²) in [6.07, 6.45) is 1.40. The van der Waals surface area contributed by atoms with Gasteiger partial charge in [0.15, 0.2) is 5.69 Å². The second-order valence-corrected chi connectivity index (χ2v) is 5.93. The van der Waals surface area contributed by atoms with Crippen molar-refractivity contribution in [1.82, 2.24) is 9.88 Å². The van der Waals surface area contributed by atoms with E-state index in [1.54, 1.807) is 11.9 Å². The number of nitrogens with two attached hydrogens (primary N) is 1. The zero-order chi connectivity index (χ0) is 15.5. The molecule has 2 N–H and O–H groups in total. The SMILES string of the molecule is CN(CC(C)(C)CN)C(=O)c1coc(-c2ccccc2)n1.Cl. The molecule has 6 heteroatoms. The molecule has 0 fully saturated rings.